The molecule has 0 N–H and O–H groups in total. The maximum absolute atomic E-state index is 3.89. The number of nitrogens with zero attached hydrogens (tertiary/aromatic N) is 1. The van der Waals surface area contributed by atoms with E-state index in [-0.39, 0.29) is 0 Å². The van der Waals surface area contributed by atoms with Crippen molar-refractivity contribution in [2.75, 3.05) is 0 Å². The SMILES string of the molecule is CC=N/C=C\C=C\CC. The molecule has 0 saturated carbocycles. The number of hydrogen-bond donors (Lipinski definition) is 0. The van der Waals surface area contributed by atoms with Gasteiger partial charge in [-0.05, 0) is 19.4 Å². The van der Waals surface area contributed by atoms with Gasteiger partial charge >= 0.3 is 0 Å². The molecule has 1 heteroatoms. The van der Waals surface area contributed by atoms with Crippen molar-refractivity contribution in [3.05, 3.63) is 24.4 Å². The normalized spacial score (nSPS) is 12.7. The van der Waals surface area contributed by atoms with Crippen LogP contribution in [0, 0.1) is 0 Å². The molecule has 0 heterocycles. The lowest BCUT2D eigenvalue weighted by Crippen LogP contribution is -1.54. The number of aliphatic imine (C=N–C) groups is 1. The van der Waals surface area contributed by atoms with Gasteiger partial charge < -0.3 is 0 Å². The van der Waals surface area contributed by atoms with Gasteiger partial charge in [0.25, 0.3) is 0 Å². The molecule has 9 heavy (non-hydrogen) atoms. The molecule has 0 aromatic carbocycles. The molecule has 0 rings (SSSR count). The van der Waals surface area contributed by atoms with E-state index in [9.17, 15) is 0 Å². The van der Waals surface area contributed by atoms with Gasteiger partial charge in [-0.2, -0.15) is 0 Å². The van der Waals surface area contributed by atoms with Crippen LogP contribution < -0.4 is 0 Å². The highest BCUT2D eigenvalue weighted by atomic mass is 14.6. The molecule has 0 spiro atoms. The Hall–Kier alpha value is -0.850. The quantitative estimate of drug-likeness (QED) is 0.404. The molecule has 0 unspecified atom stereocenters. The van der Waals surface area contributed by atoms with Crippen LogP contribution in [-0.4, -0.2) is 6.21 Å². The van der Waals surface area contributed by atoms with Crippen LogP contribution in [0.1, 0.15) is 20.3 Å². The van der Waals surface area contributed by atoms with E-state index in [0.29, 0.717) is 0 Å². The highest BCUT2D eigenvalue weighted by Gasteiger charge is 1.60. The summed E-state index contributed by atoms with van der Waals surface area (Å²) in [6.45, 7) is 4.00. The van der Waals surface area contributed by atoms with Gasteiger partial charge in [0.05, 0.1) is 0 Å². The maximum atomic E-state index is 3.89. The minimum Gasteiger partial charge on any atom is -0.269 e. The Morgan fingerprint density at radius 2 is 2.11 bits per heavy atom. The van der Waals surface area contributed by atoms with Gasteiger partial charge in [-0.15, -0.1) is 0 Å². The van der Waals surface area contributed by atoms with Gasteiger partial charge in [-0.1, -0.05) is 19.1 Å². The van der Waals surface area contributed by atoms with Crippen LogP contribution in [0.3, 0.4) is 0 Å². The first-order valence-electron chi connectivity index (χ1n) is 3.21. The van der Waals surface area contributed by atoms with Crippen LogP contribution in [0.15, 0.2) is 29.4 Å². The van der Waals surface area contributed by atoms with E-state index in [1.165, 1.54) is 0 Å². The van der Waals surface area contributed by atoms with Crippen molar-refractivity contribution in [1.82, 2.24) is 0 Å². The molecule has 0 fully saturated rings. The number of hydrogen-bond acceptors (Lipinski definition) is 1. The molecular formula is C8H13N. The van der Waals surface area contributed by atoms with Gasteiger partial charge in [0.2, 0.25) is 0 Å². The summed E-state index contributed by atoms with van der Waals surface area (Å²) in [6, 6.07) is 0. The standard InChI is InChI=1S/C8H13N/c1-3-5-6-7-8-9-4-2/h4-8H,3H2,1-2H3/b6-5+,8-7-,9-4?. The topological polar surface area (TPSA) is 12.4 Å². The van der Waals surface area contributed by atoms with Crippen LogP contribution in [0.25, 0.3) is 0 Å². The third-order valence-corrected chi connectivity index (χ3v) is 0.804. The van der Waals surface area contributed by atoms with Crippen molar-refractivity contribution in [2.45, 2.75) is 20.3 Å². The van der Waals surface area contributed by atoms with Crippen molar-refractivity contribution >= 4 is 6.21 Å². The minimum atomic E-state index is 1.08. The summed E-state index contributed by atoms with van der Waals surface area (Å²) in [7, 11) is 0. The molecule has 0 amide bonds. The molecule has 0 atom stereocenters. The van der Waals surface area contributed by atoms with Crippen molar-refractivity contribution in [3.63, 3.8) is 0 Å². The second kappa shape index (κ2) is 7.15. The second-order valence-corrected chi connectivity index (χ2v) is 1.59. The molecule has 0 bridgehead atoms. The fourth-order valence-electron chi connectivity index (χ4n) is 0.400. The van der Waals surface area contributed by atoms with Gasteiger partial charge in [0.15, 0.2) is 0 Å². The lowest BCUT2D eigenvalue weighted by molar-refractivity contribution is 1.22. The first kappa shape index (κ1) is 8.15. The summed E-state index contributed by atoms with van der Waals surface area (Å²) in [5, 5.41) is 0. The van der Waals surface area contributed by atoms with E-state index in [1.54, 1.807) is 12.4 Å². The first-order chi connectivity index (χ1) is 4.41. The zero-order chi connectivity index (χ0) is 6.95. The largest absolute Gasteiger partial charge is 0.269 e. The molecule has 0 aliphatic rings. The molecule has 0 saturated heterocycles. The van der Waals surface area contributed by atoms with Crippen LogP contribution in [-0.2, 0) is 0 Å². The van der Waals surface area contributed by atoms with Crippen LogP contribution in [0.2, 0.25) is 0 Å². The Morgan fingerprint density at radius 3 is 2.67 bits per heavy atom. The lowest BCUT2D eigenvalue weighted by Gasteiger charge is -1.73. The van der Waals surface area contributed by atoms with Gasteiger partial charge in [-0.3, -0.25) is 4.99 Å². The fraction of sp³-hybridized carbons (Fsp3) is 0.375. The van der Waals surface area contributed by atoms with E-state index in [2.05, 4.69) is 18.0 Å². The van der Waals surface area contributed by atoms with Crippen LogP contribution in [0.5, 0.6) is 0 Å². The van der Waals surface area contributed by atoms with E-state index in [0.717, 1.165) is 6.42 Å². The Bertz CT molecular complexity index is 121. The minimum absolute atomic E-state index is 1.08. The molecule has 1 nitrogen and oxygen atoms in total. The number of rotatable bonds is 3. The molecule has 50 valence electrons. The molecule has 0 aliphatic heterocycles. The van der Waals surface area contributed by atoms with E-state index in [1.807, 2.05) is 19.1 Å². The summed E-state index contributed by atoms with van der Waals surface area (Å²) in [5.74, 6) is 0. The Morgan fingerprint density at radius 1 is 1.33 bits per heavy atom. The van der Waals surface area contributed by atoms with E-state index in [4.69, 9.17) is 0 Å². The summed E-state index contributed by atoms with van der Waals surface area (Å²) in [5.41, 5.74) is 0. The van der Waals surface area contributed by atoms with E-state index < -0.39 is 0 Å². The van der Waals surface area contributed by atoms with Crippen molar-refractivity contribution in [2.24, 2.45) is 4.99 Å². The van der Waals surface area contributed by atoms with Gasteiger partial charge in [0, 0.05) is 12.4 Å². The summed E-state index contributed by atoms with van der Waals surface area (Å²) >= 11 is 0. The first-order valence-corrected chi connectivity index (χ1v) is 3.21. The maximum Gasteiger partial charge on any atom is 0.0263 e. The monoisotopic (exact) mass is 123 g/mol. The molecule has 0 aromatic heterocycles. The highest BCUT2D eigenvalue weighted by Crippen LogP contribution is 1.81. The van der Waals surface area contributed by atoms with E-state index >= 15 is 0 Å². The zero-order valence-corrected chi connectivity index (χ0v) is 6.04. The van der Waals surface area contributed by atoms with Crippen LogP contribution in [0.4, 0.5) is 0 Å². The zero-order valence-electron chi connectivity index (χ0n) is 6.04. The van der Waals surface area contributed by atoms with Crippen LogP contribution >= 0.6 is 0 Å². The number of allylic oxidation sites excluding steroid dienone is 3. The summed E-state index contributed by atoms with van der Waals surface area (Å²) in [4.78, 5) is 3.89. The fourth-order valence-corrected chi connectivity index (χ4v) is 0.400. The summed E-state index contributed by atoms with van der Waals surface area (Å²) < 4.78 is 0. The third kappa shape index (κ3) is 7.15. The predicted octanol–water partition coefficient (Wildman–Crippen LogP) is 2.56. The van der Waals surface area contributed by atoms with Crippen molar-refractivity contribution in [1.29, 1.82) is 0 Å². The van der Waals surface area contributed by atoms with Gasteiger partial charge in [0.1, 0.15) is 0 Å². The second-order valence-electron chi connectivity index (χ2n) is 1.59. The average Bonchev–Trinajstić information content (AvgIpc) is 1.89. The third-order valence-electron chi connectivity index (χ3n) is 0.804. The molecular weight excluding hydrogens is 110 g/mol. The molecule has 0 aromatic rings. The lowest BCUT2D eigenvalue weighted by atomic mass is 10.4. The smallest absolute Gasteiger partial charge is 0.0263 e. The molecule has 0 radical (unpaired) electrons. The average molecular weight is 123 g/mol. The molecule has 0 aliphatic carbocycles. The van der Waals surface area contributed by atoms with Crippen molar-refractivity contribution < 1.29 is 0 Å². The Labute approximate surface area is 56.8 Å². The Kier molecular flexibility index (Phi) is 6.47. The summed E-state index contributed by atoms with van der Waals surface area (Å²) in [6.07, 6.45) is 10.6. The highest BCUT2D eigenvalue weighted by molar-refractivity contribution is 5.54. The predicted molar refractivity (Wildman–Crippen MR) is 42.7 cm³/mol. The van der Waals surface area contributed by atoms with Gasteiger partial charge in [-0.25, -0.2) is 0 Å². The van der Waals surface area contributed by atoms with Crippen molar-refractivity contribution in [3.8, 4) is 0 Å². The Balaban J connectivity index is 3.35.